The third kappa shape index (κ3) is 5.15. The van der Waals surface area contributed by atoms with Gasteiger partial charge < -0.3 is 9.47 Å². The van der Waals surface area contributed by atoms with Gasteiger partial charge in [-0.3, -0.25) is 14.2 Å². The van der Waals surface area contributed by atoms with Crippen molar-refractivity contribution < 1.29 is 22.3 Å². The van der Waals surface area contributed by atoms with Crippen LogP contribution >= 0.6 is 0 Å². The fourth-order valence-electron chi connectivity index (χ4n) is 4.26. The Labute approximate surface area is 199 Å². The minimum atomic E-state index is -3.95. The molecule has 9 heteroatoms. The standard InChI is InChI=1S/C25H28FN3O4S/c1-32-24-11-8-22(17-25(24)33-2)29(34(30,31)23-9-6-19(26)7-10-23)21-12-15-28(16-13-21)18-20-5-3-4-14-27-20/h3-11,14,17,21H,12-13,15-16,18H2,1-2H3. The van der Waals surface area contributed by atoms with Crippen molar-refractivity contribution in [3.8, 4) is 11.5 Å². The van der Waals surface area contributed by atoms with Crippen LogP contribution in [-0.2, 0) is 16.6 Å². The second kappa shape index (κ2) is 10.4. The van der Waals surface area contributed by atoms with Crippen molar-refractivity contribution in [1.82, 2.24) is 9.88 Å². The summed E-state index contributed by atoms with van der Waals surface area (Å²) in [5.74, 6) is 0.460. The lowest BCUT2D eigenvalue weighted by molar-refractivity contribution is 0.204. The Morgan fingerprint density at radius 2 is 1.71 bits per heavy atom. The van der Waals surface area contributed by atoms with Gasteiger partial charge in [0.25, 0.3) is 10.0 Å². The number of aromatic nitrogens is 1. The predicted molar refractivity (Wildman–Crippen MR) is 128 cm³/mol. The van der Waals surface area contributed by atoms with E-state index >= 15 is 0 Å². The molecular weight excluding hydrogens is 457 g/mol. The molecule has 0 spiro atoms. The Morgan fingerprint density at radius 1 is 1.00 bits per heavy atom. The summed E-state index contributed by atoms with van der Waals surface area (Å²) in [7, 11) is -0.912. The minimum absolute atomic E-state index is 0.0413. The molecule has 0 N–H and O–H groups in total. The second-order valence-corrected chi connectivity index (χ2v) is 9.94. The van der Waals surface area contributed by atoms with Crippen molar-refractivity contribution in [2.45, 2.75) is 30.3 Å². The topological polar surface area (TPSA) is 72.0 Å². The maximum atomic E-state index is 13.8. The normalized spacial score (nSPS) is 15.1. The zero-order valence-corrected chi connectivity index (χ0v) is 20.0. The first-order valence-electron chi connectivity index (χ1n) is 11.1. The molecule has 0 amide bonds. The number of hydrogen-bond donors (Lipinski definition) is 0. The zero-order chi connectivity index (χ0) is 24.1. The molecule has 1 aliphatic rings. The highest BCUT2D eigenvalue weighted by Crippen LogP contribution is 2.36. The van der Waals surface area contributed by atoms with Crippen molar-refractivity contribution in [2.75, 3.05) is 31.6 Å². The smallest absolute Gasteiger partial charge is 0.264 e. The molecule has 1 fully saturated rings. The fourth-order valence-corrected chi connectivity index (χ4v) is 5.96. The Morgan fingerprint density at radius 3 is 2.32 bits per heavy atom. The first kappa shape index (κ1) is 24.0. The molecule has 0 unspecified atom stereocenters. The molecule has 4 rings (SSSR count). The Kier molecular flexibility index (Phi) is 7.33. The summed E-state index contributed by atoms with van der Waals surface area (Å²) in [4.78, 5) is 6.71. The largest absolute Gasteiger partial charge is 0.493 e. The number of benzene rings is 2. The number of likely N-dealkylation sites (tertiary alicyclic amines) is 1. The van der Waals surface area contributed by atoms with E-state index in [0.29, 0.717) is 36.6 Å². The second-order valence-electron chi connectivity index (χ2n) is 8.12. The molecule has 1 aliphatic heterocycles. The van der Waals surface area contributed by atoms with Crippen LogP contribution in [-0.4, -0.2) is 51.7 Å². The highest BCUT2D eigenvalue weighted by atomic mass is 32.2. The maximum absolute atomic E-state index is 13.8. The lowest BCUT2D eigenvalue weighted by Gasteiger charge is -2.39. The molecule has 180 valence electrons. The van der Waals surface area contributed by atoms with Gasteiger partial charge in [-0.2, -0.15) is 0 Å². The third-order valence-electron chi connectivity index (χ3n) is 5.99. The van der Waals surface area contributed by atoms with Gasteiger partial charge in [-0.1, -0.05) is 6.07 Å². The van der Waals surface area contributed by atoms with E-state index in [-0.39, 0.29) is 10.9 Å². The molecule has 3 aromatic rings. The summed E-state index contributed by atoms with van der Waals surface area (Å²) in [6.07, 6.45) is 3.05. The van der Waals surface area contributed by atoms with Crippen LogP contribution in [0, 0.1) is 5.82 Å². The summed E-state index contributed by atoms with van der Waals surface area (Å²) in [6.45, 7) is 2.17. The molecular formula is C25H28FN3O4S. The molecule has 1 aromatic heterocycles. The van der Waals surface area contributed by atoms with E-state index < -0.39 is 15.8 Å². The summed E-state index contributed by atoms with van der Waals surface area (Å²) in [6, 6.07) is 15.6. The van der Waals surface area contributed by atoms with Crippen LogP contribution in [0.1, 0.15) is 18.5 Å². The number of piperidine rings is 1. The van der Waals surface area contributed by atoms with E-state index in [1.807, 2.05) is 18.2 Å². The number of sulfonamides is 1. The number of hydrogen-bond acceptors (Lipinski definition) is 6. The van der Waals surface area contributed by atoms with Gasteiger partial charge in [-0.05, 0) is 61.4 Å². The van der Waals surface area contributed by atoms with Gasteiger partial charge >= 0.3 is 0 Å². The van der Waals surface area contributed by atoms with Crippen LogP contribution < -0.4 is 13.8 Å². The molecule has 0 aliphatic carbocycles. The fraction of sp³-hybridized carbons (Fsp3) is 0.320. The van der Waals surface area contributed by atoms with Crippen molar-refractivity contribution in [1.29, 1.82) is 0 Å². The van der Waals surface area contributed by atoms with E-state index in [9.17, 15) is 12.8 Å². The lowest BCUT2D eigenvalue weighted by Crippen LogP contribution is -2.47. The van der Waals surface area contributed by atoms with Gasteiger partial charge in [0.1, 0.15) is 5.82 Å². The SMILES string of the molecule is COc1ccc(N(C2CCN(Cc3ccccn3)CC2)S(=O)(=O)c2ccc(F)cc2)cc1OC. The Balaban J connectivity index is 1.64. The molecule has 7 nitrogen and oxygen atoms in total. The molecule has 0 bridgehead atoms. The number of halogens is 1. The molecule has 0 saturated carbocycles. The van der Waals surface area contributed by atoms with Crippen LogP contribution in [0.3, 0.4) is 0 Å². The zero-order valence-electron chi connectivity index (χ0n) is 19.2. The van der Waals surface area contributed by atoms with Gasteiger partial charge in [-0.15, -0.1) is 0 Å². The highest BCUT2D eigenvalue weighted by Gasteiger charge is 2.34. The Bertz CT molecular complexity index is 1200. The van der Waals surface area contributed by atoms with Gasteiger partial charge in [0, 0.05) is 37.9 Å². The van der Waals surface area contributed by atoms with Crippen LogP contribution in [0.2, 0.25) is 0 Å². The van der Waals surface area contributed by atoms with Crippen molar-refractivity contribution >= 4 is 15.7 Å². The number of nitrogens with zero attached hydrogens (tertiary/aromatic N) is 3. The molecule has 2 heterocycles. The maximum Gasteiger partial charge on any atom is 0.264 e. The van der Waals surface area contributed by atoms with E-state index in [0.717, 1.165) is 30.9 Å². The summed E-state index contributed by atoms with van der Waals surface area (Å²) >= 11 is 0. The molecule has 1 saturated heterocycles. The first-order chi connectivity index (χ1) is 16.4. The minimum Gasteiger partial charge on any atom is -0.493 e. The number of pyridine rings is 1. The number of ether oxygens (including phenoxy) is 2. The van der Waals surface area contributed by atoms with Crippen molar-refractivity contribution in [3.63, 3.8) is 0 Å². The van der Waals surface area contributed by atoms with E-state index in [2.05, 4.69) is 9.88 Å². The third-order valence-corrected chi connectivity index (χ3v) is 7.89. The monoisotopic (exact) mass is 485 g/mol. The van der Waals surface area contributed by atoms with E-state index in [4.69, 9.17) is 9.47 Å². The molecule has 34 heavy (non-hydrogen) atoms. The van der Waals surface area contributed by atoms with Crippen LogP contribution in [0.25, 0.3) is 0 Å². The molecule has 2 aromatic carbocycles. The van der Waals surface area contributed by atoms with Gasteiger partial charge in [0.15, 0.2) is 11.5 Å². The predicted octanol–water partition coefficient (Wildman–Crippen LogP) is 4.10. The van der Waals surface area contributed by atoms with Gasteiger partial charge in [-0.25, -0.2) is 12.8 Å². The lowest BCUT2D eigenvalue weighted by atomic mass is 10.0. The quantitative estimate of drug-likeness (QED) is 0.479. The summed E-state index contributed by atoms with van der Waals surface area (Å²) in [5, 5.41) is 0. The number of methoxy groups -OCH3 is 2. The van der Waals surface area contributed by atoms with Crippen LogP contribution in [0.4, 0.5) is 10.1 Å². The number of anilines is 1. The molecule has 0 radical (unpaired) electrons. The van der Waals surface area contributed by atoms with E-state index in [1.54, 1.807) is 24.4 Å². The van der Waals surface area contributed by atoms with Crippen molar-refractivity contribution in [3.05, 3.63) is 78.4 Å². The van der Waals surface area contributed by atoms with Crippen LogP contribution in [0.5, 0.6) is 11.5 Å². The average molecular weight is 486 g/mol. The van der Waals surface area contributed by atoms with Crippen molar-refractivity contribution in [2.24, 2.45) is 0 Å². The molecule has 0 atom stereocenters. The summed E-state index contributed by atoms with van der Waals surface area (Å²) < 4.78 is 53.3. The van der Waals surface area contributed by atoms with Gasteiger partial charge in [0.05, 0.1) is 30.5 Å². The van der Waals surface area contributed by atoms with Crippen LogP contribution in [0.15, 0.2) is 71.8 Å². The average Bonchev–Trinajstić information content (AvgIpc) is 2.86. The Hall–Kier alpha value is -3.17. The highest BCUT2D eigenvalue weighted by molar-refractivity contribution is 7.92. The van der Waals surface area contributed by atoms with Gasteiger partial charge in [0.2, 0.25) is 0 Å². The first-order valence-corrected chi connectivity index (χ1v) is 12.5. The number of rotatable bonds is 8. The summed E-state index contributed by atoms with van der Waals surface area (Å²) in [5.41, 5.74) is 1.46. The van der Waals surface area contributed by atoms with E-state index in [1.165, 1.54) is 30.7 Å².